The van der Waals surface area contributed by atoms with Crippen molar-refractivity contribution in [2.24, 2.45) is 0 Å². The van der Waals surface area contributed by atoms with Gasteiger partial charge in [-0.05, 0) is 34.9 Å². The van der Waals surface area contributed by atoms with Crippen molar-refractivity contribution in [1.82, 2.24) is 0 Å². The summed E-state index contributed by atoms with van der Waals surface area (Å²) in [5.41, 5.74) is 2.32. The number of ether oxygens (including phenoxy) is 1. The van der Waals surface area contributed by atoms with E-state index in [1.807, 2.05) is 0 Å². The molecule has 1 N–H and O–H groups in total. The minimum Gasteiger partial charge on any atom is -0.494 e. The summed E-state index contributed by atoms with van der Waals surface area (Å²) in [6.07, 6.45) is 3.32. The number of rotatable bonds is 5. The Morgan fingerprint density at radius 1 is 0.889 bits per heavy atom. The van der Waals surface area contributed by atoms with Crippen molar-refractivity contribution in [1.29, 1.82) is 0 Å². The van der Waals surface area contributed by atoms with Gasteiger partial charge >= 0.3 is 0 Å². The van der Waals surface area contributed by atoms with Crippen LogP contribution in [0, 0.1) is 17.5 Å². The molecule has 3 aromatic rings. The Kier molecular flexibility index (Phi) is 5.62. The topological polar surface area (TPSA) is 29.5 Å². The number of halogens is 3. The summed E-state index contributed by atoms with van der Waals surface area (Å²) >= 11 is 0. The molecular weight excluding hydrogens is 353 g/mol. The molecule has 0 spiro atoms. The van der Waals surface area contributed by atoms with Crippen LogP contribution in [0.3, 0.4) is 0 Å². The van der Waals surface area contributed by atoms with Crippen molar-refractivity contribution in [3.05, 3.63) is 88.7 Å². The molecule has 5 heteroatoms. The van der Waals surface area contributed by atoms with E-state index in [1.165, 1.54) is 25.3 Å². The van der Waals surface area contributed by atoms with Gasteiger partial charge in [0.15, 0.2) is 11.6 Å². The molecule has 3 rings (SSSR count). The molecule has 0 saturated carbocycles. The lowest BCUT2D eigenvalue weighted by molar-refractivity contribution is 0.281. The van der Waals surface area contributed by atoms with Crippen LogP contribution in [0.5, 0.6) is 5.75 Å². The van der Waals surface area contributed by atoms with Crippen molar-refractivity contribution >= 4 is 12.2 Å². The molecular formula is C22H17F3O2. The molecule has 0 atom stereocenters. The Morgan fingerprint density at radius 2 is 1.63 bits per heavy atom. The number of benzene rings is 3. The first-order chi connectivity index (χ1) is 13.0. The zero-order chi connectivity index (χ0) is 19.4. The van der Waals surface area contributed by atoms with E-state index < -0.39 is 17.5 Å². The third-order valence-corrected chi connectivity index (χ3v) is 4.19. The summed E-state index contributed by atoms with van der Waals surface area (Å²) in [5.74, 6) is -2.57. The maximum Gasteiger partial charge on any atom is 0.201 e. The fourth-order valence-corrected chi connectivity index (χ4v) is 2.68. The highest BCUT2D eigenvalue weighted by Gasteiger charge is 2.14. The summed E-state index contributed by atoms with van der Waals surface area (Å²) in [7, 11) is 1.28. The molecule has 0 amide bonds. The minimum atomic E-state index is -1.03. The highest BCUT2D eigenvalue weighted by atomic mass is 19.2. The van der Waals surface area contributed by atoms with Crippen LogP contribution in [0.2, 0.25) is 0 Å². The minimum absolute atomic E-state index is 0.134. The summed E-state index contributed by atoms with van der Waals surface area (Å²) in [5, 5.41) is 9.00. The quantitative estimate of drug-likeness (QED) is 0.606. The molecule has 0 aliphatic heterocycles. The monoisotopic (exact) mass is 370 g/mol. The van der Waals surface area contributed by atoms with Gasteiger partial charge in [-0.3, -0.25) is 0 Å². The largest absolute Gasteiger partial charge is 0.494 e. The first-order valence-corrected chi connectivity index (χ1v) is 8.23. The third kappa shape index (κ3) is 4.04. The van der Waals surface area contributed by atoms with Gasteiger partial charge < -0.3 is 9.84 Å². The molecule has 3 aromatic carbocycles. The molecule has 0 radical (unpaired) electrons. The first-order valence-electron chi connectivity index (χ1n) is 8.23. The molecule has 0 aromatic heterocycles. The zero-order valence-corrected chi connectivity index (χ0v) is 14.5. The zero-order valence-electron chi connectivity index (χ0n) is 14.5. The lowest BCUT2D eigenvalue weighted by atomic mass is 10.0. The first kappa shape index (κ1) is 18.7. The average Bonchev–Trinajstić information content (AvgIpc) is 2.69. The normalized spacial score (nSPS) is 11.1. The van der Waals surface area contributed by atoms with Gasteiger partial charge in [-0.1, -0.05) is 48.6 Å². The summed E-state index contributed by atoms with van der Waals surface area (Å²) in [6, 6.07) is 14.1. The van der Waals surface area contributed by atoms with E-state index in [-0.39, 0.29) is 17.9 Å². The van der Waals surface area contributed by atoms with Gasteiger partial charge in [0, 0.05) is 11.1 Å². The van der Waals surface area contributed by atoms with Crippen molar-refractivity contribution in [3.8, 4) is 16.9 Å². The Bertz CT molecular complexity index is 980. The van der Waals surface area contributed by atoms with Crippen molar-refractivity contribution in [2.45, 2.75) is 6.61 Å². The fourth-order valence-electron chi connectivity index (χ4n) is 2.68. The second-order valence-corrected chi connectivity index (χ2v) is 5.91. The smallest absolute Gasteiger partial charge is 0.201 e. The Labute approximate surface area is 155 Å². The molecule has 2 nitrogen and oxygen atoms in total. The summed E-state index contributed by atoms with van der Waals surface area (Å²) in [6.45, 7) is -0.217. The highest BCUT2D eigenvalue weighted by molar-refractivity contribution is 5.72. The van der Waals surface area contributed by atoms with E-state index >= 15 is 0 Å². The van der Waals surface area contributed by atoms with E-state index in [0.717, 1.165) is 5.56 Å². The molecule has 0 bridgehead atoms. The van der Waals surface area contributed by atoms with E-state index in [9.17, 15) is 13.2 Å². The second-order valence-electron chi connectivity index (χ2n) is 5.91. The van der Waals surface area contributed by atoms with Crippen molar-refractivity contribution in [2.75, 3.05) is 7.11 Å². The number of methoxy groups -OCH3 is 1. The van der Waals surface area contributed by atoms with Gasteiger partial charge in [-0.15, -0.1) is 0 Å². The predicted octanol–water partition coefficient (Wildman–Crippen LogP) is 5.44. The maximum atomic E-state index is 14.2. The number of hydrogen-bond donors (Lipinski definition) is 1. The second kappa shape index (κ2) is 8.10. The molecule has 0 aliphatic carbocycles. The van der Waals surface area contributed by atoms with Gasteiger partial charge in [0.1, 0.15) is 5.82 Å². The number of aliphatic hydroxyl groups excluding tert-OH is 1. The molecule has 0 aliphatic rings. The van der Waals surface area contributed by atoms with Crippen LogP contribution in [0.1, 0.15) is 16.7 Å². The average molecular weight is 370 g/mol. The molecule has 0 heterocycles. The summed E-state index contributed by atoms with van der Waals surface area (Å²) in [4.78, 5) is 0. The third-order valence-electron chi connectivity index (χ3n) is 4.19. The van der Waals surface area contributed by atoms with E-state index in [0.29, 0.717) is 16.7 Å². The van der Waals surface area contributed by atoms with E-state index in [2.05, 4.69) is 0 Å². The summed E-state index contributed by atoms with van der Waals surface area (Å²) < 4.78 is 46.7. The van der Waals surface area contributed by atoms with Crippen LogP contribution < -0.4 is 4.74 Å². The van der Waals surface area contributed by atoms with Gasteiger partial charge in [-0.2, -0.15) is 4.39 Å². The molecule has 0 fully saturated rings. The van der Waals surface area contributed by atoms with Crippen LogP contribution in [0.25, 0.3) is 23.3 Å². The van der Waals surface area contributed by atoms with E-state index in [4.69, 9.17) is 9.84 Å². The van der Waals surface area contributed by atoms with Crippen LogP contribution in [-0.4, -0.2) is 12.2 Å². The van der Waals surface area contributed by atoms with Gasteiger partial charge in [0.25, 0.3) is 0 Å². The van der Waals surface area contributed by atoms with Gasteiger partial charge in [0.2, 0.25) is 5.82 Å². The van der Waals surface area contributed by atoms with Gasteiger partial charge in [-0.25, -0.2) is 8.78 Å². The standard InChI is InChI=1S/C22H17F3O2/c1-27-20-11-10-18(21(24)22(20)25)16-6-2-14(3-7-16)4-8-17-9-5-15(13-26)12-19(17)23/h2-12,26H,13H2,1H3. The molecule has 27 heavy (non-hydrogen) atoms. The van der Waals surface area contributed by atoms with Crippen molar-refractivity contribution < 1.29 is 23.0 Å². The molecule has 0 unspecified atom stereocenters. The van der Waals surface area contributed by atoms with Crippen LogP contribution in [-0.2, 0) is 6.61 Å². The lowest BCUT2D eigenvalue weighted by Gasteiger charge is -2.08. The number of aliphatic hydroxyl groups is 1. The maximum absolute atomic E-state index is 14.2. The Hall–Kier alpha value is -3.05. The van der Waals surface area contributed by atoms with Crippen LogP contribution in [0.15, 0.2) is 54.6 Å². The van der Waals surface area contributed by atoms with Crippen molar-refractivity contribution in [3.63, 3.8) is 0 Å². The Morgan fingerprint density at radius 3 is 2.26 bits per heavy atom. The highest BCUT2D eigenvalue weighted by Crippen LogP contribution is 2.30. The SMILES string of the molecule is COc1ccc(-c2ccc(C=Cc3ccc(CO)cc3F)cc2)c(F)c1F. The number of hydrogen-bond acceptors (Lipinski definition) is 2. The predicted molar refractivity (Wildman–Crippen MR) is 99.6 cm³/mol. The van der Waals surface area contributed by atoms with Crippen LogP contribution >= 0.6 is 0 Å². The fraction of sp³-hybridized carbons (Fsp3) is 0.0909. The molecule has 0 saturated heterocycles. The lowest BCUT2D eigenvalue weighted by Crippen LogP contribution is -1.94. The van der Waals surface area contributed by atoms with Crippen LogP contribution in [0.4, 0.5) is 13.2 Å². The van der Waals surface area contributed by atoms with Gasteiger partial charge in [0.05, 0.1) is 13.7 Å². The molecule has 138 valence electrons. The Balaban J connectivity index is 1.83. The van der Waals surface area contributed by atoms with E-state index in [1.54, 1.807) is 48.6 Å².